The highest BCUT2D eigenvalue weighted by molar-refractivity contribution is 5.80. The zero-order chi connectivity index (χ0) is 87.6. The molecule has 4 heterocycles. The Labute approximate surface area is 732 Å². The van der Waals surface area contributed by atoms with Crippen LogP contribution in [0.3, 0.4) is 0 Å². The first-order valence-corrected chi connectivity index (χ1v) is 46.4. The van der Waals surface area contributed by atoms with Crippen LogP contribution in [-0.2, 0) is 0 Å². The van der Waals surface area contributed by atoms with E-state index < -0.39 is 22.2 Å². The van der Waals surface area contributed by atoms with Crippen molar-refractivity contribution in [1.29, 1.82) is 0 Å². The van der Waals surface area contributed by atoms with Crippen LogP contribution in [0.4, 0.5) is 0 Å². The average Bonchev–Trinajstić information content (AvgIpc) is 0.802. The first kappa shape index (κ1) is 96.5. The normalized spacial score (nSPS) is 11.0. The summed E-state index contributed by atoms with van der Waals surface area (Å²) in [6.07, 6.45) is 38.8. The standard InChI is InChI=1S/C104H136N8O12/c1-9-17-25-29-33-37-61-121-97-71-98(122-62-38-34-30-26-18-10-2)90-69-89(97)109-101(113)85-65-81(49-53-93(85)117-57-21-13-5)105-73-77-41-43-79(44-42-77)75-107-83-51-55-95(119-59-23-15-7)87(67-83)103(115)111-91-70-92(100(124-64-40-36-32-28-20-12-4)72-99(91)123-63-39-35-31-27-19-11-3)112-104(116)88-68-84(52-56-96(88)120-60-24-16-8)108-76-80-47-45-78(46-48-80)74-106-82-50-54-94(118-58-22-14-6)86(66-82)102(114)110-90/h41-56,65-76H,9-40,57-64H2,1-8H3,(H,109,113)(H,110,114)(H,111,115)(H,112,116). The topological polar surface area (TPSA) is 257 Å². The molecule has 0 spiro atoms. The van der Waals surface area contributed by atoms with Crippen LogP contribution >= 0.6 is 0 Å². The quantitative estimate of drug-likeness (QED) is 0.0259. The second-order valence-corrected chi connectivity index (χ2v) is 31.9. The lowest BCUT2D eigenvalue weighted by molar-refractivity contribution is 0.293. The van der Waals surface area contributed by atoms with Gasteiger partial charge in [0.05, 0.1) is 119 Å². The second kappa shape index (κ2) is 55.8. The minimum Gasteiger partial charge on any atom is -0.493 e. The maximum atomic E-state index is 15.3. The summed E-state index contributed by atoms with van der Waals surface area (Å²) in [6, 6.07) is 43.6. The molecule has 16 bridgehead atoms. The highest BCUT2D eigenvalue weighted by Gasteiger charge is 2.15. The number of benzene rings is 8. The van der Waals surface area contributed by atoms with Gasteiger partial charge in [-0.15, -0.1) is 0 Å². The molecule has 0 saturated heterocycles. The monoisotopic (exact) mass is 1690 g/mol. The van der Waals surface area contributed by atoms with Crippen LogP contribution in [0.2, 0.25) is 0 Å². The van der Waals surface area contributed by atoms with Crippen LogP contribution in [0.5, 0.6) is 46.0 Å². The van der Waals surface area contributed by atoms with Gasteiger partial charge < -0.3 is 57.8 Å². The maximum Gasteiger partial charge on any atom is 0.259 e. The van der Waals surface area contributed by atoms with Gasteiger partial charge in [0.25, 0.3) is 22.2 Å². The van der Waals surface area contributed by atoms with Gasteiger partial charge in [-0.05, 0) is 158 Å². The summed E-state index contributed by atoms with van der Waals surface area (Å²) in [5.74, 6) is 3.05. The third-order valence-electron chi connectivity index (χ3n) is 21.4. The van der Waals surface area contributed by atoms with Crippen molar-refractivity contribution < 1.29 is 37.9 Å². The van der Waals surface area contributed by atoms with E-state index in [1.807, 2.05) is 72.8 Å². The molecule has 12 rings (SSSR count). The van der Waals surface area contributed by atoms with Gasteiger partial charge in [-0.2, -0.15) is 0 Å². The van der Waals surface area contributed by atoms with E-state index in [4.69, 9.17) is 57.8 Å². The van der Waals surface area contributed by atoms with Crippen molar-refractivity contribution in [1.82, 2.24) is 39.9 Å². The van der Waals surface area contributed by atoms with Crippen molar-refractivity contribution in [2.24, 2.45) is 0 Å². The van der Waals surface area contributed by atoms with Gasteiger partial charge in [-0.3, -0.25) is 39.1 Å². The SMILES string of the molecule is CCCCCCCCOc1cc(OCCCCCCCC)c2cc1[nH]c(=O)c1cc(ccc1OCCCC)ncc1ccc(cc1)cnc1ccc(OCCCC)c(c1)c(=O)[nH]c1cc([nH]c(=O)c3cc(ccc3OCCCC)ncc3ccc(cc3)cnc3ccc(OCCCC)c(c3)c(=O)[nH]2)c(OCCCCCCCC)cc1OCCCCCCCC. The Kier molecular flexibility index (Phi) is 43.4. The lowest BCUT2D eigenvalue weighted by Gasteiger charge is -2.13. The first-order chi connectivity index (χ1) is 60.8. The maximum absolute atomic E-state index is 15.3. The molecule has 4 N–H and O–H groups in total. The summed E-state index contributed by atoms with van der Waals surface area (Å²) in [5, 5.41) is 4.11. The van der Waals surface area contributed by atoms with Gasteiger partial charge in [0.2, 0.25) is 0 Å². The molecule has 0 aliphatic carbocycles. The minimum atomic E-state index is -0.480. The van der Waals surface area contributed by atoms with Gasteiger partial charge in [-0.25, -0.2) is 0 Å². The van der Waals surface area contributed by atoms with E-state index in [2.05, 4.69) is 75.3 Å². The fourth-order valence-electron chi connectivity index (χ4n) is 13.9. The molecule has 0 unspecified atom stereocenters. The van der Waals surface area contributed by atoms with Crippen LogP contribution in [0, 0.1) is 0 Å². The molecular formula is C104H136N8O12. The van der Waals surface area contributed by atoms with Crippen molar-refractivity contribution in [2.45, 2.75) is 261 Å². The summed E-state index contributed by atoms with van der Waals surface area (Å²) < 4.78 is 52.1. The number of aromatic nitrogens is 8. The third-order valence-corrected chi connectivity index (χ3v) is 21.4. The molecule has 0 saturated carbocycles. The van der Waals surface area contributed by atoms with Crippen LogP contribution in [0.15, 0.2) is 190 Å². The van der Waals surface area contributed by atoms with Crippen molar-refractivity contribution in [3.63, 3.8) is 0 Å². The Hall–Kier alpha value is -11.3. The van der Waals surface area contributed by atoms with Crippen LogP contribution < -0.4 is 60.1 Å². The fraction of sp³-hybridized carbons (Fsp3) is 0.462. The first-order valence-electron chi connectivity index (χ1n) is 46.4. The number of H-pyrrole nitrogens is 4. The Bertz CT molecular complexity index is 4890. The van der Waals surface area contributed by atoms with Crippen LogP contribution in [0.1, 0.15) is 261 Å². The molecule has 8 aromatic carbocycles. The molecule has 124 heavy (non-hydrogen) atoms. The molecule has 20 heteroatoms. The lowest BCUT2D eigenvalue weighted by atomic mass is 10.1. The van der Waals surface area contributed by atoms with E-state index in [9.17, 15) is 0 Å². The Morgan fingerprint density at radius 3 is 0.597 bits per heavy atom. The summed E-state index contributed by atoms with van der Waals surface area (Å²) in [7, 11) is 0. The largest absolute Gasteiger partial charge is 0.493 e. The number of unbranched alkanes of at least 4 members (excludes halogenated alkanes) is 24. The van der Waals surface area contributed by atoms with Crippen molar-refractivity contribution in [3.8, 4) is 46.0 Å². The molecular weight excluding hydrogens is 1550 g/mol. The van der Waals surface area contributed by atoms with Crippen molar-refractivity contribution in [3.05, 3.63) is 212 Å². The predicted molar refractivity (Wildman–Crippen MR) is 512 cm³/mol. The molecule has 0 amide bonds. The number of nitrogens with one attached hydrogen (secondary N) is 4. The number of rotatable bonds is 48. The number of aromatic amines is 4. The fourth-order valence-corrected chi connectivity index (χ4v) is 13.9. The average molecular weight is 1690 g/mol. The Morgan fingerprint density at radius 2 is 0.387 bits per heavy atom. The van der Waals surface area contributed by atoms with Gasteiger partial charge in [0.1, 0.15) is 46.0 Å². The van der Waals surface area contributed by atoms with Crippen LogP contribution in [0.25, 0.3) is 87.2 Å². The number of hydrogen-bond acceptors (Lipinski definition) is 16. The molecule has 0 fully saturated rings. The highest BCUT2D eigenvalue weighted by atomic mass is 16.5. The van der Waals surface area contributed by atoms with Crippen molar-refractivity contribution in [2.75, 3.05) is 52.9 Å². The molecule has 664 valence electrons. The lowest BCUT2D eigenvalue weighted by Crippen LogP contribution is -2.09. The zero-order valence-electron chi connectivity index (χ0n) is 75.1. The van der Waals surface area contributed by atoms with E-state index in [0.717, 1.165) is 201 Å². The number of hydrogen-bond donors (Lipinski definition) is 4. The van der Waals surface area contributed by atoms with Gasteiger partial charge in [-0.1, -0.05) is 258 Å². The zero-order valence-corrected chi connectivity index (χ0v) is 75.1. The Morgan fingerprint density at radius 1 is 0.202 bits per heavy atom. The smallest absolute Gasteiger partial charge is 0.259 e. The summed E-state index contributed by atoms with van der Waals surface area (Å²) in [6.45, 7) is 20.2. The van der Waals surface area contributed by atoms with E-state index in [0.29, 0.717) is 143 Å². The predicted octanol–water partition coefficient (Wildman–Crippen LogP) is 26.2. The van der Waals surface area contributed by atoms with E-state index >= 15 is 19.2 Å². The molecule has 0 atom stereocenters. The second-order valence-electron chi connectivity index (χ2n) is 31.9. The summed E-state index contributed by atoms with van der Waals surface area (Å²) in [4.78, 5) is 93.4. The number of ether oxygens (including phenoxy) is 8. The van der Waals surface area contributed by atoms with Gasteiger partial charge >= 0.3 is 0 Å². The molecule has 0 aliphatic heterocycles. The highest BCUT2D eigenvalue weighted by Crippen LogP contribution is 2.33. The number of nitrogens with zero attached hydrogens (tertiary/aromatic N) is 4. The van der Waals surface area contributed by atoms with Gasteiger partial charge in [0.15, 0.2) is 0 Å². The van der Waals surface area contributed by atoms with E-state index in [1.54, 1.807) is 97.6 Å². The van der Waals surface area contributed by atoms with Gasteiger partial charge in [0, 0.05) is 36.9 Å². The van der Waals surface area contributed by atoms with E-state index in [1.165, 1.54) is 25.7 Å². The summed E-state index contributed by atoms with van der Waals surface area (Å²) >= 11 is 0. The third kappa shape index (κ3) is 33.1. The summed E-state index contributed by atoms with van der Waals surface area (Å²) in [5.41, 5.74) is 1.33. The molecule has 12 aromatic rings. The van der Waals surface area contributed by atoms with E-state index in [-0.39, 0.29) is 21.5 Å². The molecule has 0 aliphatic rings. The van der Waals surface area contributed by atoms with Crippen LogP contribution in [-0.4, -0.2) is 92.7 Å². The molecule has 20 nitrogen and oxygen atoms in total. The molecule has 0 radical (unpaired) electrons. The Balaban J connectivity index is 1.31. The van der Waals surface area contributed by atoms with Crippen molar-refractivity contribution >= 4 is 87.2 Å². The molecule has 4 aromatic heterocycles. The minimum absolute atomic E-state index is 0.245.